The fourth-order valence-corrected chi connectivity index (χ4v) is 1.96. The third-order valence-electron chi connectivity index (χ3n) is 2.67. The highest BCUT2D eigenvalue weighted by atomic mass is 79.9. The van der Waals surface area contributed by atoms with E-state index in [2.05, 4.69) is 15.9 Å². The van der Waals surface area contributed by atoms with E-state index in [1.54, 1.807) is 12.1 Å². The summed E-state index contributed by atoms with van der Waals surface area (Å²) in [5.74, 6) is 0.469. The molecular formula is C13H17BrF3NO. The molecule has 1 aromatic carbocycles. The second kappa shape index (κ2) is 7.14. The lowest BCUT2D eigenvalue weighted by Gasteiger charge is -2.15. The molecule has 0 spiro atoms. The second-order valence-electron chi connectivity index (χ2n) is 4.34. The Balaban J connectivity index is 2.70. The lowest BCUT2D eigenvalue weighted by atomic mass is 10.0. The van der Waals surface area contributed by atoms with Gasteiger partial charge in [-0.15, -0.1) is 0 Å². The Morgan fingerprint density at radius 3 is 2.63 bits per heavy atom. The molecule has 0 aliphatic heterocycles. The van der Waals surface area contributed by atoms with E-state index in [1.165, 1.54) is 0 Å². The summed E-state index contributed by atoms with van der Waals surface area (Å²) in [4.78, 5) is 0. The summed E-state index contributed by atoms with van der Waals surface area (Å²) in [5.41, 5.74) is 6.70. The Bertz CT molecular complexity index is 409. The summed E-state index contributed by atoms with van der Waals surface area (Å²) in [5, 5.41) is 0. The Labute approximate surface area is 119 Å². The topological polar surface area (TPSA) is 35.2 Å². The van der Waals surface area contributed by atoms with Crippen LogP contribution in [0.2, 0.25) is 0 Å². The van der Waals surface area contributed by atoms with Gasteiger partial charge < -0.3 is 10.5 Å². The van der Waals surface area contributed by atoms with E-state index in [9.17, 15) is 13.2 Å². The number of rotatable bonds is 6. The van der Waals surface area contributed by atoms with Crippen molar-refractivity contribution >= 4 is 15.9 Å². The lowest BCUT2D eigenvalue weighted by molar-refractivity contribution is -0.139. The molecular weight excluding hydrogens is 323 g/mol. The van der Waals surface area contributed by atoms with E-state index in [0.717, 1.165) is 16.5 Å². The SMILES string of the molecule is CCC(N)Cc1cc(Br)ccc1OCCC(F)(F)F. The van der Waals surface area contributed by atoms with Gasteiger partial charge in [0, 0.05) is 10.5 Å². The Morgan fingerprint density at radius 1 is 1.37 bits per heavy atom. The molecule has 0 aliphatic rings. The summed E-state index contributed by atoms with van der Waals surface area (Å²) in [6.45, 7) is 1.59. The molecule has 0 heterocycles. The highest BCUT2D eigenvalue weighted by Crippen LogP contribution is 2.26. The number of benzene rings is 1. The van der Waals surface area contributed by atoms with Crippen LogP contribution in [0.15, 0.2) is 22.7 Å². The van der Waals surface area contributed by atoms with E-state index in [0.29, 0.717) is 12.2 Å². The maximum atomic E-state index is 12.1. The highest BCUT2D eigenvalue weighted by Gasteiger charge is 2.27. The molecule has 0 saturated heterocycles. The average Bonchev–Trinajstić information content (AvgIpc) is 2.30. The fourth-order valence-electron chi connectivity index (χ4n) is 1.55. The third-order valence-corrected chi connectivity index (χ3v) is 3.17. The molecule has 108 valence electrons. The first kappa shape index (κ1) is 16.3. The zero-order valence-corrected chi connectivity index (χ0v) is 12.2. The number of ether oxygens (including phenoxy) is 1. The number of hydrogen-bond donors (Lipinski definition) is 1. The number of hydrogen-bond acceptors (Lipinski definition) is 2. The van der Waals surface area contributed by atoms with E-state index < -0.39 is 12.6 Å². The van der Waals surface area contributed by atoms with Gasteiger partial charge in [-0.2, -0.15) is 13.2 Å². The summed E-state index contributed by atoms with van der Waals surface area (Å²) in [6, 6.07) is 5.21. The van der Waals surface area contributed by atoms with Crippen molar-refractivity contribution in [3.05, 3.63) is 28.2 Å². The molecule has 6 heteroatoms. The Hall–Kier alpha value is -0.750. The van der Waals surface area contributed by atoms with Gasteiger partial charge in [-0.1, -0.05) is 22.9 Å². The second-order valence-corrected chi connectivity index (χ2v) is 5.25. The van der Waals surface area contributed by atoms with Crippen LogP contribution in [0.3, 0.4) is 0 Å². The van der Waals surface area contributed by atoms with E-state index >= 15 is 0 Å². The van der Waals surface area contributed by atoms with Gasteiger partial charge in [0.15, 0.2) is 0 Å². The van der Waals surface area contributed by atoms with Crippen molar-refractivity contribution in [2.75, 3.05) is 6.61 Å². The first-order valence-corrected chi connectivity index (χ1v) is 6.84. The maximum absolute atomic E-state index is 12.1. The number of alkyl halides is 3. The Morgan fingerprint density at radius 2 is 2.05 bits per heavy atom. The fraction of sp³-hybridized carbons (Fsp3) is 0.538. The molecule has 2 nitrogen and oxygen atoms in total. The van der Waals surface area contributed by atoms with Crippen molar-refractivity contribution in [3.8, 4) is 5.75 Å². The van der Waals surface area contributed by atoms with Crippen LogP contribution in [0.5, 0.6) is 5.75 Å². The summed E-state index contributed by atoms with van der Waals surface area (Å²) in [7, 11) is 0. The van der Waals surface area contributed by atoms with Crippen LogP contribution in [0.1, 0.15) is 25.3 Å². The van der Waals surface area contributed by atoms with E-state index in [1.807, 2.05) is 13.0 Å². The predicted molar refractivity (Wildman–Crippen MR) is 72.3 cm³/mol. The quantitative estimate of drug-likeness (QED) is 0.848. The number of nitrogens with two attached hydrogens (primary N) is 1. The molecule has 0 saturated carbocycles. The van der Waals surface area contributed by atoms with Crippen LogP contribution in [0, 0.1) is 0 Å². The molecule has 0 radical (unpaired) electrons. The third kappa shape index (κ3) is 6.29. The van der Waals surface area contributed by atoms with Crippen molar-refractivity contribution in [2.24, 2.45) is 5.73 Å². The minimum atomic E-state index is -4.20. The smallest absolute Gasteiger partial charge is 0.392 e. The summed E-state index contributed by atoms with van der Waals surface area (Å²) >= 11 is 3.33. The lowest BCUT2D eigenvalue weighted by Crippen LogP contribution is -2.22. The zero-order chi connectivity index (χ0) is 14.5. The van der Waals surface area contributed by atoms with Gasteiger partial charge in [0.25, 0.3) is 0 Å². The zero-order valence-electron chi connectivity index (χ0n) is 10.6. The van der Waals surface area contributed by atoms with E-state index in [4.69, 9.17) is 10.5 Å². The minimum Gasteiger partial charge on any atom is -0.493 e. The first-order valence-electron chi connectivity index (χ1n) is 6.05. The monoisotopic (exact) mass is 339 g/mol. The van der Waals surface area contributed by atoms with E-state index in [-0.39, 0.29) is 12.6 Å². The molecule has 19 heavy (non-hydrogen) atoms. The molecule has 2 N–H and O–H groups in total. The predicted octanol–water partition coefficient (Wildman–Crippen LogP) is 4.06. The van der Waals surface area contributed by atoms with Crippen LogP contribution in [-0.4, -0.2) is 18.8 Å². The van der Waals surface area contributed by atoms with Gasteiger partial charge in [-0.3, -0.25) is 0 Å². The van der Waals surface area contributed by atoms with Gasteiger partial charge in [0.05, 0.1) is 13.0 Å². The molecule has 0 amide bonds. The largest absolute Gasteiger partial charge is 0.493 e. The molecule has 1 unspecified atom stereocenters. The van der Waals surface area contributed by atoms with Crippen molar-refractivity contribution in [2.45, 2.75) is 38.4 Å². The van der Waals surface area contributed by atoms with Crippen molar-refractivity contribution in [3.63, 3.8) is 0 Å². The minimum absolute atomic E-state index is 0.0285. The molecule has 1 rings (SSSR count). The molecule has 0 aromatic heterocycles. The molecule has 0 fully saturated rings. The normalized spacial score (nSPS) is 13.4. The van der Waals surface area contributed by atoms with Gasteiger partial charge >= 0.3 is 6.18 Å². The molecule has 1 atom stereocenters. The molecule has 0 bridgehead atoms. The highest BCUT2D eigenvalue weighted by molar-refractivity contribution is 9.10. The van der Waals surface area contributed by atoms with Crippen molar-refractivity contribution in [1.82, 2.24) is 0 Å². The average molecular weight is 340 g/mol. The summed E-state index contributed by atoms with van der Waals surface area (Å²) < 4.78 is 42.3. The molecule has 0 aliphatic carbocycles. The maximum Gasteiger partial charge on any atom is 0.392 e. The van der Waals surface area contributed by atoms with Gasteiger partial charge in [0.2, 0.25) is 0 Å². The Kier molecular flexibility index (Phi) is 6.13. The van der Waals surface area contributed by atoms with Gasteiger partial charge in [-0.25, -0.2) is 0 Å². The van der Waals surface area contributed by atoms with Crippen molar-refractivity contribution < 1.29 is 17.9 Å². The number of halogens is 4. The summed E-state index contributed by atoms with van der Waals surface area (Å²) in [6.07, 6.45) is -3.77. The van der Waals surface area contributed by atoms with Crippen LogP contribution < -0.4 is 10.5 Å². The standard InChI is InChI=1S/C13H17BrF3NO/c1-2-11(18)8-9-7-10(14)3-4-12(9)19-6-5-13(15,16)17/h3-4,7,11H,2,5-6,8,18H2,1H3. The van der Waals surface area contributed by atoms with Crippen molar-refractivity contribution in [1.29, 1.82) is 0 Å². The first-order chi connectivity index (χ1) is 8.81. The van der Waals surface area contributed by atoms with Crippen LogP contribution >= 0.6 is 15.9 Å². The van der Waals surface area contributed by atoms with Gasteiger partial charge in [0.1, 0.15) is 5.75 Å². The van der Waals surface area contributed by atoms with Crippen LogP contribution in [0.4, 0.5) is 13.2 Å². The van der Waals surface area contributed by atoms with Crippen LogP contribution in [0.25, 0.3) is 0 Å². The molecule has 1 aromatic rings. The van der Waals surface area contributed by atoms with Crippen LogP contribution in [-0.2, 0) is 6.42 Å². The van der Waals surface area contributed by atoms with Gasteiger partial charge in [-0.05, 0) is 36.6 Å².